The van der Waals surface area contributed by atoms with Crippen molar-refractivity contribution in [2.75, 3.05) is 25.0 Å². The van der Waals surface area contributed by atoms with E-state index in [-0.39, 0.29) is 5.91 Å². The van der Waals surface area contributed by atoms with Crippen LogP contribution in [0.3, 0.4) is 0 Å². The molecule has 2 N–H and O–H groups in total. The molecule has 0 spiro atoms. The third-order valence-electron chi connectivity index (χ3n) is 4.83. The van der Waals surface area contributed by atoms with E-state index in [0.717, 1.165) is 37.3 Å². The minimum atomic E-state index is -0.251. The lowest BCUT2D eigenvalue weighted by molar-refractivity contribution is 0.102. The van der Waals surface area contributed by atoms with Gasteiger partial charge in [-0.2, -0.15) is 5.26 Å². The topological polar surface area (TPSA) is 68.2 Å². The van der Waals surface area contributed by atoms with Crippen molar-refractivity contribution in [1.29, 1.82) is 5.26 Å². The number of carbonyl (C=O) groups is 1. The van der Waals surface area contributed by atoms with Gasteiger partial charge in [-0.25, -0.2) is 0 Å². The van der Waals surface area contributed by atoms with E-state index in [1.165, 1.54) is 0 Å². The highest BCUT2D eigenvalue weighted by atomic mass is 35.5. The number of rotatable bonds is 4. The SMILES string of the molecule is Cc1c(CN2CCNC(C)C2)cc(Cl)cc1NC(=O)c1cccc(C#N)c1. The van der Waals surface area contributed by atoms with Gasteiger partial charge in [0.25, 0.3) is 5.91 Å². The Balaban J connectivity index is 1.80. The number of benzene rings is 2. The smallest absolute Gasteiger partial charge is 0.255 e. The van der Waals surface area contributed by atoms with Crippen LogP contribution in [0.5, 0.6) is 0 Å². The zero-order valence-corrected chi connectivity index (χ0v) is 16.3. The first-order chi connectivity index (χ1) is 13.0. The van der Waals surface area contributed by atoms with Crippen LogP contribution in [0.1, 0.15) is 34.0 Å². The van der Waals surface area contributed by atoms with Gasteiger partial charge in [0.2, 0.25) is 0 Å². The average molecular weight is 383 g/mol. The molecule has 0 bridgehead atoms. The van der Waals surface area contributed by atoms with Crippen molar-refractivity contribution >= 4 is 23.2 Å². The number of anilines is 1. The minimum absolute atomic E-state index is 0.251. The molecule has 1 saturated heterocycles. The summed E-state index contributed by atoms with van der Waals surface area (Å²) in [7, 11) is 0. The molecular weight excluding hydrogens is 360 g/mol. The molecule has 5 nitrogen and oxygen atoms in total. The number of halogens is 1. The van der Waals surface area contributed by atoms with Crippen molar-refractivity contribution in [3.8, 4) is 6.07 Å². The number of amides is 1. The lowest BCUT2D eigenvalue weighted by Crippen LogP contribution is -2.48. The van der Waals surface area contributed by atoms with Crippen LogP contribution >= 0.6 is 11.6 Å². The molecule has 2 aromatic rings. The average Bonchev–Trinajstić information content (AvgIpc) is 2.65. The first kappa shape index (κ1) is 19.4. The molecule has 1 heterocycles. The summed E-state index contributed by atoms with van der Waals surface area (Å²) in [5.41, 5.74) is 3.73. The van der Waals surface area contributed by atoms with Crippen molar-refractivity contribution in [3.05, 3.63) is 63.7 Å². The third kappa shape index (κ3) is 4.86. The molecule has 0 radical (unpaired) electrons. The Kier molecular flexibility index (Phi) is 6.12. The fourth-order valence-corrected chi connectivity index (χ4v) is 3.59. The highest BCUT2D eigenvalue weighted by Crippen LogP contribution is 2.27. The van der Waals surface area contributed by atoms with Gasteiger partial charge in [0.1, 0.15) is 0 Å². The van der Waals surface area contributed by atoms with Crippen LogP contribution in [0.4, 0.5) is 5.69 Å². The van der Waals surface area contributed by atoms with Gasteiger partial charge in [-0.15, -0.1) is 0 Å². The van der Waals surface area contributed by atoms with Crippen molar-refractivity contribution in [2.45, 2.75) is 26.4 Å². The van der Waals surface area contributed by atoms with Crippen LogP contribution in [-0.4, -0.2) is 36.5 Å². The van der Waals surface area contributed by atoms with Gasteiger partial charge in [0, 0.05) is 48.5 Å². The molecule has 2 aromatic carbocycles. The fourth-order valence-electron chi connectivity index (χ4n) is 3.35. The number of nitriles is 1. The Morgan fingerprint density at radius 3 is 2.96 bits per heavy atom. The van der Waals surface area contributed by atoms with Crippen LogP contribution in [0, 0.1) is 18.3 Å². The molecule has 0 aliphatic carbocycles. The van der Waals surface area contributed by atoms with Gasteiger partial charge in [0.15, 0.2) is 0 Å². The summed E-state index contributed by atoms with van der Waals surface area (Å²) in [6.45, 7) is 7.91. The van der Waals surface area contributed by atoms with Crippen LogP contribution in [0.2, 0.25) is 5.02 Å². The fraction of sp³-hybridized carbons (Fsp3) is 0.333. The van der Waals surface area contributed by atoms with E-state index in [2.05, 4.69) is 28.5 Å². The summed E-state index contributed by atoms with van der Waals surface area (Å²) in [6.07, 6.45) is 0. The van der Waals surface area contributed by atoms with Gasteiger partial charge in [-0.3, -0.25) is 9.69 Å². The van der Waals surface area contributed by atoms with Crippen molar-refractivity contribution < 1.29 is 4.79 Å². The number of hydrogen-bond donors (Lipinski definition) is 2. The van der Waals surface area contributed by atoms with Crippen molar-refractivity contribution in [3.63, 3.8) is 0 Å². The van der Waals surface area contributed by atoms with Gasteiger partial charge >= 0.3 is 0 Å². The number of hydrogen-bond acceptors (Lipinski definition) is 4. The van der Waals surface area contributed by atoms with E-state index in [1.807, 2.05) is 13.0 Å². The Morgan fingerprint density at radius 1 is 1.41 bits per heavy atom. The van der Waals surface area contributed by atoms with Crippen LogP contribution in [0.25, 0.3) is 0 Å². The standard InChI is InChI=1S/C21H23ClN4O/c1-14-12-26(7-6-24-14)13-18-9-19(22)10-20(15(18)2)25-21(27)17-5-3-4-16(8-17)11-23/h3-5,8-10,14,24H,6-7,12-13H2,1-2H3,(H,25,27). The highest BCUT2D eigenvalue weighted by Gasteiger charge is 2.18. The van der Waals surface area contributed by atoms with Gasteiger partial charge in [-0.1, -0.05) is 17.7 Å². The number of piperazine rings is 1. The number of nitrogens with zero attached hydrogens (tertiary/aromatic N) is 2. The minimum Gasteiger partial charge on any atom is -0.322 e. The Bertz CT molecular complexity index is 890. The number of nitrogens with one attached hydrogen (secondary N) is 2. The second kappa shape index (κ2) is 8.53. The zero-order chi connectivity index (χ0) is 19.4. The van der Waals surface area contributed by atoms with E-state index in [9.17, 15) is 4.79 Å². The molecule has 1 atom stereocenters. The first-order valence-electron chi connectivity index (χ1n) is 9.02. The van der Waals surface area contributed by atoms with Crippen molar-refractivity contribution in [1.82, 2.24) is 10.2 Å². The number of carbonyl (C=O) groups excluding carboxylic acids is 1. The molecule has 1 aliphatic rings. The predicted molar refractivity (Wildman–Crippen MR) is 108 cm³/mol. The second-order valence-corrected chi connectivity index (χ2v) is 7.41. The molecule has 3 rings (SSSR count). The monoisotopic (exact) mass is 382 g/mol. The molecule has 6 heteroatoms. The normalized spacial score (nSPS) is 17.3. The maximum atomic E-state index is 12.6. The lowest BCUT2D eigenvalue weighted by Gasteiger charge is -2.32. The molecule has 0 aromatic heterocycles. The molecule has 1 unspecified atom stereocenters. The summed E-state index contributed by atoms with van der Waals surface area (Å²) >= 11 is 6.32. The molecule has 1 amide bonds. The summed E-state index contributed by atoms with van der Waals surface area (Å²) < 4.78 is 0. The zero-order valence-electron chi connectivity index (χ0n) is 15.6. The lowest BCUT2D eigenvalue weighted by atomic mass is 10.0. The maximum Gasteiger partial charge on any atom is 0.255 e. The van der Waals surface area contributed by atoms with Crippen LogP contribution in [0.15, 0.2) is 36.4 Å². The quantitative estimate of drug-likeness (QED) is 0.848. The van der Waals surface area contributed by atoms with E-state index in [1.54, 1.807) is 30.3 Å². The first-order valence-corrected chi connectivity index (χ1v) is 9.40. The van der Waals surface area contributed by atoms with Crippen molar-refractivity contribution in [2.24, 2.45) is 0 Å². The van der Waals surface area contributed by atoms with Crippen LogP contribution < -0.4 is 10.6 Å². The Hall–Kier alpha value is -2.39. The summed E-state index contributed by atoms with van der Waals surface area (Å²) in [6, 6.07) is 12.9. The molecule has 140 valence electrons. The van der Waals surface area contributed by atoms with E-state index in [0.29, 0.717) is 27.9 Å². The molecular formula is C21H23ClN4O. The second-order valence-electron chi connectivity index (χ2n) is 6.97. The van der Waals surface area contributed by atoms with E-state index < -0.39 is 0 Å². The third-order valence-corrected chi connectivity index (χ3v) is 5.05. The molecule has 1 fully saturated rings. The largest absolute Gasteiger partial charge is 0.322 e. The summed E-state index contributed by atoms with van der Waals surface area (Å²) in [5.74, 6) is -0.251. The molecule has 1 aliphatic heterocycles. The van der Waals surface area contributed by atoms with Gasteiger partial charge in [0.05, 0.1) is 11.6 Å². The van der Waals surface area contributed by atoms with E-state index >= 15 is 0 Å². The van der Waals surface area contributed by atoms with Gasteiger partial charge in [-0.05, 0) is 55.3 Å². The Labute approximate surface area is 164 Å². The summed E-state index contributed by atoms with van der Waals surface area (Å²) in [4.78, 5) is 15.0. The Morgan fingerprint density at radius 2 is 2.22 bits per heavy atom. The summed E-state index contributed by atoms with van der Waals surface area (Å²) in [5, 5.41) is 16.0. The predicted octanol–water partition coefficient (Wildman–Crippen LogP) is 3.57. The van der Waals surface area contributed by atoms with Crippen LogP contribution in [-0.2, 0) is 6.54 Å². The highest BCUT2D eigenvalue weighted by molar-refractivity contribution is 6.31. The maximum absolute atomic E-state index is 12.6. The molecule has 27 heavy (non-hydrogen) atoms. The van der Waals surface area contributed by atoms with E-state index in [4.69, 9.17) is 16.9 Å². The molecule has 0 saturated carbocycles. The van der Waals surface area contributed by atoms with Gasteiger partial charge < -0.3 is 10.6 Å².